The third-order valence-electron chi connectivity index (χ3n) is 14.0. The van der Waals surface area contributed by atoms with Gasteiger partial charge in [-0.2, -0.15) is 0 Å². The number of aliphatic hydroxyl groups excluding tert-OH is 2. The van der Waals surface area contributed by atoms with E-state index in [1.807, 2.05) is 19.9 Å². The summed E-state index contributed by atoms with van der Waals surface area (Å²) in [5.41, 5.74) is -2.58. The van der Waals surface area contributed by atoms with E-state index in [1.165, 1.54) is 0 Å². The van der Waals surface area contributed by atoms with E-state index < -0.39 is 28.8 Å². The number of hydrogen-bond acceptors (Lipinski definition) is 8. The second-order valence-corrected chi connectivity index (χ2v) is 15.8. The second kappa shape index (κ2) is 11.4. The number of fused-ring (bicyclic) bond motifs is 6. The molecule has 8 heteroatoms. The molecule has 0 aromatic heterocycles. The van der Waals surface area contributed by atoms with E-state index in [0.717, 1.165) is 56.9 Å². The van der Waals surface area contributed by atoms with Gasteiger partial charge in [0.05, 0.1) is 36.1 Å². The molecular weight excluding hydrogens is 548 g/mol. The molecule has 0 aromatic carbocycles. The van der Waals surface area contributed by atoms with Crippen molar-refractivity contribution in [3.63, 3.8) is 0 Å². The van der Waals surface area contributed by atoms with Crippen molar-refractivity contribution in [2.45, 2.75) is 128 Å². The summed E-state index contributed by atoms with van der Waals surface area (Å²) in [6, 6.07) is 0. The van der Waals surface area contributed by atoms with Crippen LogP contribution in [0.3, 0.4) is 0 Å². The number of hydrogen-bond donors (Lipinski definition) is 4. The van der Waals surface area contributed by atoms with Gasteiger partial charge in [-0.05, 0) is 111 Å². The van der Waals surface area contributed by atoms with Gasteiger partial charge in [0.1, 0.15) is 6.10 Å². The minimum Gasteiger partial charge on any atom is -0.394 e. The zero-order valence-corrected chi connectivity index (χ0v) is 27.0. The Morgan fingerprint density at radius 1 is 1.14 bits per heavy atom. The number of methoxy groups -OCH3 is 1. The van der Waals surface area contributed by atoms with E-state index in [2.05, 4.69) is 6.92 Å². The van der Waals surface area contributed by atoms with Crippen LogP contribution >= 0.6 is 0 Å². The minimum absolute atomic E-state index is 0.0269. The average Bonchev–Trinajstić information content (AvgIpc) is 3.43. The van der Waals surface area contributed by atoms with Crippen LogP contribution in [0.2, 0.25) is 0 Å². The van der Waals surface area contributed by atoms with E-state index in [4.69, 9.17) is 14.2 Å². The van der Waals surface area contributed by atoms with E-state index >= 15 is 0 Å². The van der Waals surface area contributed by atoms with Crippen molar-refractivity contribution < 1.29 is 39.4 Å². The SMILES string of the molecule is COCCCOC1CCC2(C)C(C1)C(=O)C=C1C2C2CCCC3(C2)C(C(C)(O)C(O)C2OC(CO)C(C)C2C)CCC13O. The van der Waals surface area contributed by atoms with Crippen LogP contribution in [-0.2, 0) is 19.0 Å². The van der Waals surface area contributed by atoms with Crippen molar-refractivity contribution in [1.82, 2.24) is 0 Å². The number of ketones is 1. The molecule has 244 valence electrons. The monoisotopic (exact) mass is 604 g/mol. The Morgan fingerprint density at radius 2 is 1.91 bits per heavy atom. The summed E-state index contributed by atoms with van der Waals surface area (Å²) >= 11 is 0. The molecule has 5 aliphatic carbocycles. The van der Waals surface area contributed by atoms with E-state index in [-0.39, 0.29) is 59.6 Å². The molecule has 0 aromatic rings. The molecule has 14 atom stereocenters. The Morgan fingerprint density at radius 3 is 2.60 bits per heavy atom. The van der Waals surface area contributed by atoms with Gasteiger partial charge in [0.15, 0.2) is 5.78 Å². The Labute approximate surface area is 257 Å². The molecule has 43 heavy (non-hydrogen) atoms. The molecule has 1 saturated heterocycles. The van der Waals surface area contributed by atoms with Crippen molar-refractivity contribution in [2.75, 3.05) is 26.9 Å². The normalized spacial score (nSPS) is 49.5. The maximum Gasteiger partial charge on any atom is 0.159 e. The van der Waals surface area contributed by atoms with Crippen LogP contribution in [0, 0.1) is 46.3 Å². The molecular formula is C35H56O8. The van der Waals surface area contributed by atoms with Crippen LogP contribution < -0.4 is 0 Å². The van der Waals surface area contributed by atoms with Crippen LogP contribution in [0.1, 0.15) is 91.9 Å². The molecule has 0 amide bonds. The quantitative estimate of drug-likeness (QED) is 0.293. The van der Waals surface area contributed by atoms with Gasteiger partial charge in [0.25, 0.3) is 0 Å². The van der Waals surface area contributed by atoms with Crippen LogP contribution in [0.5, 0.6) is 0 Å². The Hall–Kier alpha value is -0.870. The summed E-state index contributed by atoms with van der Waals surface area (Å²) in [6.07, 6.45) is 7.89. The average molecular weight is 605 g/mol. The van der Waals surface area contributed by atoms with Gasteiger partial charge in [-0.15, -0.1) is 0 Å². The fourth-order valence-corrected chi connectivity index (χ4v) is 11.6. The van der Waals surface area contributed by atoms with Crippen LogP contribution in [0.15, 0.2) is 11.6 Å². The van der Waals surface area contributed by atoms with Crippen molar-refractivity contribution in [1.29, 1.82) is 0 Å². The van der Waals surface area contributed by atoms with E-state index in [9.17, 15) is 25.2 Å². The maximum atomic E-state index is 14.0. The smallest absolute Gasteiger partial charge is 0.159 e. The summed E-state index contributed by atoms with van der Waals surface area (Å²) in [7, 11) is 1.70. The summed E-state index contributed by atoms with van der Waals surface area (Å²) < 4.78 is 17.5. The number of carbonyl (C=O) groups excluding carboxylic acids is 1. The molecule has 6 aliphatic rings. The molecule has 8 nitrogen and oxygen atoms in total. The Balaban J connectivity index is 1.29. The summed E-state index contributed by atoms with van der Waals surface area (Å²) in [6.45, 7) is 9.26. The maximum absolute atomic E-state index is 14.0. The minimum atomic E-state index is -1.49. The number of rotatable bonds is 9. The highest BCUT2D eigenvalue weighted by Gasteiger charge is 2.73. The number of ether oxygens (including phenoxy) is 3. The molecule has 1 aliphatic heterocycles. The van der Waals surface area contributed by atoms with Gasteiger partial charge in [-0.25, -0.2) is 0 Å². The van der Waals surface area contributed by atoms with Gasteiger partial charge in [0.2, 0.25) is 0 Å². The molecule has 4 saturated carbocycles. The second-order valence-electron chi connectivity index (χ2n) is 15.8. The summed E-state index contributed by atoms with van der Waals surface area (Å²) in [5.74, 6) is 0.184. The number of aliphatic hydroxyl groups is 4. The molecule has 0 radical (unpaired) electrons. The molecule has 2 bridgehead atoms. The first kappa shape index (κ1) is 32.1. The topological polar surface area (TPSA) is 126 Å². The highest BCUT2D eigenvalue weighted by Crippen LogP contribution is 2.73. The lowest BCUT2D eigenvalue weighted by molar-refractivity contribution is -0.217. The van der Waals surface area contributed by atoms with Gasteiger partial charge >= 0.3 is 0 Å². The van der Waals surface area contributed by atoms with Gasteiger partial charge in [-0.1, -0.05) is 27.2 Å². The summed E-state index contributed by atoms with van der Waals surface area (Å²) in [4.78, 5) is 14.0. The number of carbonyl (C=O) groups is 1. The predicted molar refractivity (Wildman–Crippen MR) is 161 cm³/mol. The Kier molecular flexibility index (Phi) is 8.53. The summed E-state index contributed by atoms with van der Waals surface area (Å²) in [5, 5.41) is 46.8. The first-order valence-electron chi connectivity index (χ1n) is 17.1. The highest BCUT2D eigenvalue weighted by atomic mass is 16.5. The lowest BCUT2D eigenvalue weighted by Gasteiger charge is -2.65. The van der Waals surface area contributed by atoms with Gasteiger partial charge < -0.3 is 34.6 Å². The molecule has 1 heterocycles. The Bertz CT molecular complexity index is 1090. The lowest BCUT2D eigenvalue weighted by Crippen LogP contribution is -2.67. The van der Waals surface area contributed by atoms with E-state index in [1.54, 1.807) is 14.0 Å². The third-order valence-corrected chi connectivity index (χ3v) is 14.0. The standard InChI is InChI=1S/C35H56O8/c1-20-21(2)30(43-27(20)19-36)31(38)33(4,39)28-10-13-35(40)25-17-26(37)24-16-23(42-15-7-14-41-5)9-12-32(24,3)29(25)22-8-6-11-34(28,35)18-22/h17,20-24,27-31,36,38-40H,6-16,18-19H2,1-5H3. The molecule has 4 N–H and O–H groups in total. The number of allylic oxidation sites excluding steroid dienone is 1. The van der Waals surface area contributed by atoms with Crippen LogP contribution in [0.25, 0.3) is 0 Å². The predicted octanol–water partition coefficient (Wildman–Crippen LogP) is 3.81. The van der Waals surface area contributed by atoms with Crippen molar-refractivity contribution in [2.24, 2.45) is 46.3 Å². The third kappa shape index (κ3) is 4.67. The molecule has 1 spiro atoms. The lowest BCUT2D eigenvalue weighted by atomic mass is 9.40. The molecule has 6 rings (SSSR count). The molecule has 14 unspecified atom stereocenters. The van der Waals surface area contributed by atoms with Crippen LogP contribution in [-0.4, -0.2) is 88.8 Å². The van der Waals surface area contributed by atoms with Crippen molar-refractivity contribution in [3.05, 3.63) is 11.6 Å². The van der Waals surface area contributed by atoms with Crippen molar-refractivity contribution in [3.8, 4) is 0 Å². The molecule has 5 fully saturated rings. The zero-order valence-electron chi connectivity index (χ0n) is 27.0. The van der Waals surface area contributed by atoms with Crippen LogP contribution in [0.4, 0.5) is 0 Å². The van der Waals surface area contributed by atoms with E-state index in [0.29, 0.717) is 32.0 Å². The fraction of sp³-hybridized carbons (Fsp3) is 0.914. The highest BCUT2D eigenvalue weighted by molar-refractivity contribution is 5.95. The fourth-order valence-electron chi connectivity index (χ4n) is 11.6. The van der Waals surface area contributed by atoms with Gasteiger partial charge in [0, 0.05) is 31.7 Å². The first-order chi connectivity index (χ1) is 20.4. The largest absolute Gasteiger partial charge is 0.394 e. The zero-order chi connectivity index (χ0) is 30.9. The van der Waals surface area contributed by atoms with Crippen molar-refractivity contribution >= 4 is 5.78 Å². The van der Waals surface area contributed by atoms with Gasteiger partial charge in [-0.3, -0.25) is 4.79 Å². The first-order valence-corrected chi connectivity index (χ1v) is 17.1.